The maximum Gasteiger partial charge on any atom is 0.253 e. The molecule has 4 heterocycles. The number of fused-ring (bicyclic) bond motifs is 3. The van der Waals surface area contributed by atoms with E-state index in [9.17, 15) is 4.79 Å². The normalized spacial score (nSPS) is 16.6. The first-order valence-electron chi connectivity index (χ1n) is 10.6. The van der Waals surface area contributed by atoms with Gasteiger partial charge in [0.25, 0.3) is 5.56 Å². The highest BCUT2D eigenvalue weighted by Gasteiger charge is 2.21. The van der Waals surface area contributed by atoms with Crippen molar-refractivity contribution in [3.8, 4) is 6.07 Å². The summed E-state index contributed by atoms with van der Waals surface area (Å²) in [6.45, 7) is 4.71. The monoisotopic (exact) mass is 418 g/mol. The number of nitrogens with zero attached hydrogens (tertiary/aromatic N) is 4. The maximum absolute atomic E-state index is 15.0. The molecule has 1 fully saturated rings. The lowest BCUT2D eigenvalue weighted by Crippen LogP contribution is -2.46. The Kier molecular flexibility index (Phi) is 5.04. The molecular formula is C23H23FN6O. The molecule has 31 heavy (non-hydrogen) atoms. The molecule has 1 aromatic carbocycles. The number of nitriles is 1. The van der Waals surface area contributed by atoms with Crippen LogP contribution in [-0.4, -0.2) is 47.6 Å². The second-order valence-corrected chi connectivity index (χ2v) is 8.11. The Labute approximate surface area is 179 Å². The lowest BCUT2D eigenvalue weighted by molar-refractivity contribution is 0.249. The third-order valence-electron chi connectivity index (χ3n) is 6.14. The van der Waals surface area contributed by atoms with Crippen LogP contribution in [0.2, 0.25) is 0 Å². The summed E-state index contributed by atoms with van der Waals surface area (Å²) in [5.74, 6) is -0.295. The summed E-state index contributed by atoms with van der Waals surface area (Å²) in [5.41, 5.74) is 3.99. The number of rotatable bonds is 3. The van der Waals surface area contributed by atoms with Crippen LogP contribution in [0.4, 0.5) is 15.8 Å². The van der Waals surface area contributed by atoms with Crippen LogP contribution < -0.4 is 15.8 Å². The number of pyridine rings is 2. The van der Waals surface area contributed by atoms with Crippen molar-refractivity contribution in [2.24, 2.45) is 0 Å². The van der Waals surface area contributed by atoms with Gasteiger partial charge < -0.3 is 15.2 Å². The molecule has 2 aliphatic rings. The van der Waals surface area contributed by atoms with Crippen molar-refractivity contribution in [2.45, 2.75) is 19.4 Å². The van der Waals surface area contributed by atoms with E-state index in [4.69, 9.17) is 5.26 Å². The third kappa shape index (κ3) is 3.73. The van der Waals surface area contributed by atoms with Gasteiger partial charge in [-0.15, -0.1) is 0 Å². The summed E-state index contributed by atoms with van der Waals surface area (Å²) in [5, 5.41) is 12.6. The fourth-order valence-electron chi connectivity index (χ4n) is 4.54. The van der Waals surface area contributed by atoms with Gasteiger partial charge in [0.1, 0.15) is 17.6 Å². The number of piperazine rings is 1. The van der Waals surface area contributed by atoms with Gasteiger partial charge in [0, 0.05) is 44.8 Å². The van der Waals surface area contributed by atoms with E-state index in [-0.39, 0.29) is 11.4 Å². The fourth-order valence-corrected chi connectivity index (χ4v) is 4.54. The Morgan fingerprint density at radius 1 is 1.19 bits per heavy atom. The highest BCUT2D eigenvalue weighted by Crippen LogP contribution is 2.30. The number of hydrogen-bond acceptors (Lipinski definition) is 6. The van der Waals surface area contributed by atoms with Crippen molar-refractivity contribution in [1.29, 1.82) is 5.26 Å². The molecule has 3 aromatic rings. The van der Waals surface area contributed by atoms with Gasteiger partial charge in [-0.1, -0.05) is 0 Å². The van der Waals surface area contributed by atoms with Gasteiger partial charge >= 0.3 is 0 Å². The van der Waals surface area contributed by atoms with E-state index in [1.54, 1.807) is 18.3 Å². The number of nitrogens with one attached hydrogen (secondary N) is 2. The summed E-state index contributed by atoms with van der Waals surface area (Å²) in [4.78, 5) is 24.0. The third-order valence-corrected chi connectivity index (χ3v) is 6.14. The zero-order valence-electron chi connectivity index (χ0n) is 17.1. The van der Waals surface area contributed by atoms with Crippen LogP contribution >= 0.6 is 0 Å². The molecule has 2 aliphatic heterocycles. The number of anilines is 2. The molecule has 0 unspecified atom stereocenters. The van der Waals surface area contributed by atoms with E-state index in [1.807, 2.05) is 18.2 Å². The molecule has 0 aliphatic carbocycles. The van der Waals surface area contributed by atoms with Gasteiger partial charge in [0.15, 0.2) is 0 Å². The first kappa shape index (κ1) is 19.5. The van der Waals surface area contributed by atoms with Gasteiger partial charge in [0.2, 0.25) is 0 Å². The smallest absolute Gasteiger partial charge is 0.253 e. The Balaban J connectivity index is 1.32. The summed E-state index contributed by atoms with van der Waals surface area (Å²) in [6, 6.07) is 9.17. The quantitative estimate of drug-likeness (QED) is 0.680. The van der Waals surface area contributed by atoms with E-state index in [1.165, 1.54) is 0 Å². The lowest BCUT2D eigenvalue weighted by atomic mass is 10.00. The van der Waals surface area contributed by atoms with Crippen LogP contribution in [-0.2, 0) is 13.0 Å². The van der Waals surface area contributed by atoms with E-state index < -0.39 is 0 Å². The average molecular weight is 418 g/mol. The summed E-state index contributed by atoms with van der Waals surface area (Å²) in [7, 11) is 0. The van der Waals surface area contributed by atoms with Gasteiger partial charge in [-0.3, -0.25) is 9.69 Å². The predicted molar refractivity (Wildman–Crippen MR) is 118 cm³/mol. The largest absolute Gasteiger partial charge is 0.384 e. The molecule has 0 radical (unpaired) electrons. The van der Waals surface area contributed by atoms with Crippen molar-refractivity contribution < 1.29 is 4.39 Å². The van der Waals surface area contributed by atoms with Crippen molar-refractivity contribution >= 4 is 22.3 Å². The highest BCUT2D eigenvalue weighted by atomic mass is 19.1. The first-order chi connectivity index (χ1) is 15.1. The van der Waals surface area contributed by atoms with Gasteiger partial charge in [-0.25, -0.2) is 9.37 Å². The number of halogens is 1. The molecule has 158 valence electrons. The van der Waals surface area contributed by atoms with Crippen molar-refractivity contribution in [2.75, 3.05) is 42.9 Å². The zero-order valence-corrected chi connectivity index (χ0v) is 17.1. The minimum Gasteiger partial charge on any atom is -0.384 e. The molecular weight excluding hydrogens is 395 g/mol. The first-order valence-corrected chi connectivity index (χ1v) is 10.6. The number of H-pyrrole nitrogens is 1. The van der Waals surface area contributed by atoms with Crippen LogP contribution in [0.3, 0.4) is 0 Å². The van der Waals surface area contributed by atoms with E-state index in [0.29, 0.717) is 40.8 Å². The Morgan fingerprint density at radius 2 is 2.03 bits per heavy atom. The van der Waals surface area contributed by atoms with Crippen LogP contribution in [0.5, 0.6) is 0 Å². The standard InChI is InChI=1S/C23H23FN6O/c24-19-10-15(11-20-21(19)22-18(23(31)28-20)2-1-5-26-22)14-29-6-8-30(9-7-29)17-4-3-16(12-25)27-13-17/h3-4,10-11,13,26H,1-2,5-9,14H2,(H,28,31). The minimum atomic E-state index is -0.295. The van der Waals surface area contributed by atoms with Crippen molar-refractivity contribution in [3.05, 3.63) is 63.5 Å². The van der Waals surface area contributed by atoms with Crippen molar-refractivity contribution in [3.63, 3.8) is 0 Å². The molecule has 8 heteroatoms. The molecule has 0 bridgehead atoms. The molecule has 0 saturated carbocycles. The molecule has 0 atom stereocenters. The summed E-state index contributed by atoms with van der Waals surface area (Å²) < 4.78 is 15.0. The Morgan fingerprint density at radius 3 is 2.77 bits per heavy atom. The van der Waals surface area contributed by atoms with Gasteiger partial charge in [-0.2, -0.15) is 5.26 Å². The lowest BCUT2D eigenvalue weighted by Gasteiger charge is -2.36. The molecule has 7 nitrogen and oxygen atoms in total. The average Bonchev–Trinajstić information content (AvgIpc) is 2.79. The highest BCUT2D eigenvalue weighted by molar-refractivity contribution is 5.94. The SMILES string of the molecule is N#Cc1ccc(N2CCN(Cc3cc(F)c4c5c(c(=O)[nH]c4c3)CCCN5)CC2)cn1. The minimum absolute atomic E-state index is 0.129. The van der Waals surface area contributed by atoms with Crippen LogP contribution in [0.1, 0.15) is 23.2 Å². The van der Waals surface area contributed by atoms with Crippen LogP contribution in [0.15, 0.2) is 35.3 Å². The number of aromatic nitrogens is 2. The molecule has 2 aromatic heterocycles. The molecule has 0 amide bonds. The number of hydrogen-bond donors (Lipinski definition) is 2. The second-order valence-electron chi connectivity index (χ2n) is 8.11. The van der Waals surface area contributed by atoms with E-state index in [0.717, 1.165) is 50.4 Å². The summed E-state index contributed by atoms with van der Waals surface area (Å²) >= 11 is 0. The molecule has 2 N–H and O–H groups in total. The number of benzene rings is 1. The molecule has 5 rings (SSSR count). The summed E-state index contributed by atoms with van der Waals surface area (Å²) in [6.07, 6.45) is 3.29. The molecule has 0 spiro atoms. The molecule has 1 saturated heterocycles. The van der Waals surface area contributed by atoms with Crippen LogP contribution in [0.25, 0.3) is 10.9 Å². The van der Waals surface area contributed by atoms with E-state index in [2.05, 4.69) is 25.1 Å². The second kappa shape index (κ2) is 8.00. The Bertz CT molecular complexity index is 1220. The Hall–Kier alpha value is -3.44. The van der Waals surface area contributed by atoms with Gasteiger partial charge in [0.05, 0.1) is 28.5 Å². The topological polar surface area (TPSA) is 88.0 Å². The maximum atomic E-state index is 15.0. The zero-order chi connectivity index (χ0) is 21.4. The van der Waals surface area contributed by atoms with Crippen LogP contribution in [0, 0.1) is 17.1 Å². The van der Waals surface area contributed by atoms with E-state index >= 15 is 4.39 Å². The van der Waals surface area contributed by atoms with Gasteiger partial charge in [-0.05, 0) is 42.7 Å². The number of aromatic amines is 1. The fraction of sp³-hybridized carbons (Fsp3) is 0.348. The predicted octanol–water partition coefficient (Wildman–Crippen LogP) is 2.61. The van der Waals surface area contributed by atoms with Crippen molar-refractivity contribution in [1.82, 2.24) is 14.9 Å².